The number of hydrogen-bond acceptors (Lipinski definition) is 4. The summed E-state index contributed by atoms with van der Waals surface area (Å²) in [5.74, 6) is 0.433. The maximum Gasteiger partial charge on any atom is 0.242 e. The lowest BCUT2D eigenvalue weighted by atomic mass is 10.1. The highest BCUT2D eigenvalue weighted by Crippen LogP contribution is 2.11. The van der Waals surface area contributed by atoms with Gasteiger partial charge in [0.1, 0.15) is 11.9 Å². The molecule has 0 aliphatic rings. The molecule has 19 heavy (non-hydrogen) atoms. The minimum absolute atomic E-state index is 0.102. The predicted molar refractivity (Wildman–Crippen MR) is 74.7 cm³/mol. The van der Waals surface area contributed by atoms with Gasteiger partial charge in [-0.05, 0) is 46.8 Å². The van der Waals surface area contributed by atoms with Gasteiger partial charge < -0.3 is 10.6 Å². The van der Waals surface area contributed by atoms with Crippen LogP contribution in [0.15, 0.2) is 12.1 Å². The van der Waals surface area contributed by atoms with E-state index < -0.39 is 6.04 Å². The van der Waals surface area contributed by atoms with Gasteiger partial charge in [0.15, 0.2) is 0 Å². The van der Waals surface area contributed by atoms with Gasteiger partial charge in [-0.3, -0.25) is 4.79 Å². The van der Waals surface area contributed by atoms with Crippen molar-refractivity contribution in [1.29, 1.82) is 5.26 Å². The van der Waals surface area contributed by atoms with Crippen molar-refractivity contribution in [1.82, 2.24) is 10.3 Å². The molecule has 5 nitrogen and oxygen atoms in total. The molecule has 0 radical (unpaired) electrons. The molecule has 1 aromatic heterocycles. The third-order valence-electron chi connectivity index (χ3n) is 2.34. The molecular formula is C14H20N4O. The number of amides is 1. The summed E-state index contributed by atoms with van der Waals surface area (Å²) >= 11 is 0. The Morgan fingerprint density at radius 1 is 1.42 bits per heavy atom. The highest BCUT2D eigenvalue weighted by atomic mass is 16.2. The number of nitriles is 1. The van der Waals surface area contributed by atoms with Crippen LogP contribution in [0.25, 0.3) is 0 Å². The Morgan fingerprint density at radius 2 is 2.05 bits per heavy atom. The van der Waals surface area contributed by atoms with Crippen LogP contribution in [0.5, 0.6) is 0 Å². The normalized spacial score (nSPS) is 12.4. The highest BCUT2D eigenvalue weighted by molar-refractivity contribution is 5.84. The largest absolute Gasteiger partial charge is 0.359 e. The molecule has 1 unspecified atom stereocenters. The summed E-state index contributed by atoms with van der Waals surface area (Å²) in [6.45, 7) is 9.35. The molecule has 1 heterocycles. The summed E-state index contributed by atoms with van der Waals surface area (Å²) in [5.41, 5.74) is 0.994. The lowest BCUT2D eigenvalue weighted by Crippen LogP contribution is -2.47. The van der Waals surface area contributed by atoms with E-state index in [-0.39, 0.29) is 11.4 Å². The zero-order chi connectivity index (χ0) is 14.6. The zero-order valence-electron chi connectivity index (χ0n) is 12.0. The molecule has 0 aliphatic carbocycles. The number of aromatic nitrogens is 1. The Bertz CT molecular complexity index is 511. The maximum absolute atomic E-state index is 11.9. The molecule has 0 aliphatic heterocycles. The number of carbonyl (C=O) groups excluding carboxylic acids is 1. The maximum atomic E-state index is 11.9. The molecule has 5 heteroatoms. The number of pyridine rings is 1. The molecule has 0 fully saturated rings. The van der Waals surface area contributed by atoms with E-state index in [2.05, 4.69) is 21.7 Å². The van der Waals surface area contributed by atoms with Gasteiger partial charge in [0.05, 0.1) is 11.6 Å². The molecule has 1 atom stereocenters. The van der Waals surface area contributed by atoms with Gasteiger partial charge in [0.2, 0.25) is 5.91 Å². The summed E-state index contributed by atoms with van der Waals surface area (Å²) in [6.07, 6.45) is 0. The zero-order valence-corrected chi connectivity index (χ0v) is 12.0. The molecule has 0 spiro atoms. The SMILES string of the molecule is Cc1cc(C#N)cc(NC(C)C(=O)NC(C)(C)C)n1. The van der Waals surface area contributed by atoms with Gasteiger partial charge in [0.25, 0.3) is 0 Å². The molecule has 0 saturated heterocycles. The molecule has 1 rings (SSSR count). The van der Waals surface area contributed by atoms with E-state index >= 15 is 0 Å². The van der Waals surface area contributed by atoms with E-state index in [1.54, 1.807) is 19.1 Å². The molecule has 102 valence electrons. The lowest BCUT2D eigenvalue weighted by Gasteiger charge is -2.24. The number of carbonyl (C=O) groups is 1. The number of rotatable bonds is 3. The Hall–Kier alpha value is -2.09. The second-order valence-corrected chi connectivity index (χ2v) is 5.60. The first-order valence-electron chi connectivity index (χ1n) is 6.18. The van der Waals surface area contributed by atoms with Crippen LogP contribution in [-0.2, 0) is 4.79 Å². The number of aryl methyl sites for hydroxylation is 1. The second-order valence-electron chi connectivity index (χ2n) is 5.60. The van der Waals surface area contributed by atoms with Crippen LogP contribution in [0.2, 0.25) is 0 Å². The van der Waals surface area contributed by atoms with Gasteiger partial charge in [-0.1, -0.05) is 0 Å². The van der Waals surface area contributed by atoms with Crippen molar-refractivity contribution < 1.29 is 4.79 Å². The monoisotopic (exact) mass is 260 g/mol. The van der Waals surface area contributed by atoms with Gasteiger partial charge in [0, 0.05) is 11.2 Å². The van der Waals surface area contributed by atoms with Crippen molar-refractivity contribution in [2.24, 2.45) is 0 Å². The minimum atomic E-state index is -0.417. The van der Waals surface area contributed by atoms with E-state index in [1.807, 2.05) is 27.7 Å². The van der Waals surface area contributed by atoms with E-state index in [0.717, 1.165) is 5.69 Å². The first-order valence-corrected chi connectivity index (χ1v) is 6.18. The molecular weight excluding hydrogens is 240 g/mol. The Balaban J connectivity index is 2.77. The molecule has 0 saturated carbocycles. The number of nitrogens with zero attached hydrogens (tertiary/aromatic N) is 2. The third-order valence-corrected chi connectivity index (χ3v) is 2.34. The van der Waals surface area contributed by atoms with Crippen molar-refractivity contribution in [3.05, 3.63) is 23.4 Å². The average molecular weight is 260 g/mol. The van der Waals surface area contributed by atoms with Crippen LogP contribution in [-0.4, -0.2) is 22.5 Å². The Kier molecular flexibility index (Phi) is 4.49. The van der Waals surface area contributed by atoms with Crippen LogP contribution in [0.3, 0.4) is 0 Å². The topological polar surface area (TPSA) is 77.8 Å². The standard InChI is InChI=1S/C14H20N4O/c1-9-6-11(8-15)7-12(16-9)17-10(2)13(19)18-14(3,4)5/h6-7,10H,1-5H3,(H,16,17)(H,18,19). The van der Waals surface area contributed by atoms with Crippen LogP contribution in [0.1, 0.15) is 39.0 Å². The number of hydrogen-bond donors (Lipinski definition) is 2. The highest BCUT2D eigenvalue weighted by Gasteiger charge is 2.19. The molecule has 0 aromatic carbocycles. The summed E-state index contributed by atoms with van der Waals surface area (Å²) < 4.78 is 0. The van der Waals surface area contributed by atoms with E-state index in [0.29, 0.717) is 11.4 Å². The smallest absolute Gasteiger partial charge is 0.242 e. The van der Waals surface area contributed by atoms with Crippen molar-refractivity contribution >= 4 is 11.7 Å². The second kappa shape index (κ2) is 5.70. The first-order chi connectivity index (χ1) is 8.71. The fourth-order valence-corrected chi connectivity index (χ4v) is 1.57. The fraction of sp³-hybridized carbons (Fsp3) is 0.500. The summed E-state index contributed by atoms with van der Waals surface area (Å²) in [4.78, 5) is 16.2. The van der Waals surface area contributed by atoms with Crippen molar-refractivity contribution in [2.75, 3.05) is 5.32 Å². The van der Waals surface area contributed by atoms with E-state index in [1.165, 1.54) is 0 Å². The molecule has 0 bridgehead atoms. The Labute approximate surface area is 114 Å². The summed E-state index contributed by atoms with van der Waals surface area (Å²) in [6, 6.07) is 4.98. The van der Waals surface area contributed by atoms with Gasteiger partial charge in [-0.2, -0.15) is 5.26 Å². The fourth-order valence-electron chi connectivity index (χ4n) is 1.57. The molecule has 2 N–H and O–H groups in total. The van der Waals surface area contributed by atoms with Gasteiger partial charge in [-0.15, -0.1) is 0 Å². The number of nitrogens with one attached hydrogen (secondary N) is 2. The average Bonchev–Trinajstić information content (AvgIpc) is 2.25. The Morgan fingerprint density at radius 3 is 2.58 bits per heavy atom. The lowest BCUT2D eigenvalue weighted by molar-refractivity contribution is -0.122. The molecule has 1 amide bonds. The van der Waals surface area contributed by atoms with Crippen molar-refractivity contribution in [3.8, 4) is 6.07 Å². The molecule has 1 aromatic rings. The third kappa shape index (κ3) is 4.96. The van der Waals surface area contributed by atoms with Crippen LogP contribution >= 0.6 is 0 Å². The quantitative estimate of drug-likeness (QED) is 0.871. The number of anilines is 1. The van der Waals surface area contributed by atoms with Gasteiger partial charge in [-0.25, -0.2) is 4.98 Å². The minimum Gasteiger partial charge on any atom is -0.359 e. The van der Waals surface area contributed by atoms with E-state index in [9.17, 15) is 4.79 Å². The van der Waals surface area contributed by atoms with Crippen molar-refractivity contribution in [3.63, 3.8) is 0 Å². The summed E-state index contributed by atoms with van der Waals surface area (Å²) in [7, 11) is 0. The summed E-state index contributed by atoms with van der Waals surface area (Å²) in [5, 5.41) is 14.8. The van der Waals surface area contributed by atoms with Crippen LogP contribution in [0, 0.1) is 18.3 Å². The first kappa shape index (κ1) is 15.0. The van der Waals surface area contributed by atoms with E-state index in [4.69, 9.17) is 5.26 Å². The van der Waals surface area contributed by atoms with Crippen molar-refractivity contribution in [2.45, 2.75) is 46.2 Å². The van der Waals surface area contributed by atoms with Crippen LogP contribution < -0.4 is 10.6 Å². The predicted octanol–water partition coefficient (Wildman–Crippen LogP) is 1.98. The van der Waals surface area contributed by atoms with Crippen LogP contribution in [0.4, 0.5) is 5.82 Å². The van der Waals surface area contributed by atoms with Gasteiger partial charge >= 0.3 is 0 Å².